The topological polar surface area (TPSA) is 6.48 Å². The zero-order chi connectivity index (χ0) is 15.2. The fourth-order valence-corrected chi connectivity index (χ4v) is 2.90. The molecule has 0 amide bonds. The molecule has 0 radical (unpaired) electrons. The number of hydrogen-bond acceptors (Lipinski definition) is 2. The second-order valence-electron chi connectivity index (χ2n) is 9.01. The van der Waals surface area contributed by atoms with Gasteiger partial charge in [0, 0.05) is 26.2 Å². The molecule has 1 fully saturated rings. The highest BCUT2D eigenvalue weighted by Crippen LogP contribution is 2.22. The molecule has 0 atom stereocenters. The third kappa shape index (κ3) is 8.97. The van der Waals surface area contributed by atoms with E-state index in [1.165, 1.54) is 65.0 Å². The van der Waals surface area contributed by atoms with E-state index in [2.05, 4.69) is 51.3 Å². The van der Waals surface area contributed by atoms with Gasteiger partial charge in [-0.15, -0.1) is 0 Å². The lowest BCUT2D eigenvalue weighted by atomic mass is 9.90. The Kier molecular flexibility index (Phi) is 7.00. The summed E-state index contributed by atoms with van der Waals surface area (Å²) in [4.78, 5) is 5.32. The van der Waals surface area contributed by atoms with Gasteiger partial charge in [0.05, 0.1) is 0 Å². The van der Waals surface area contributed by atoms with Gasteiger partial charge >= 0.3 is 0 Å². The minimum Gasteiger partial charge on any atom is -0.301 e. The number of hydrogen-bond donors (Lipinski definition) is 0. The zero-order valence-corrected chi connectivity index (χ0v) is 15.0. The SMILES string of the molecule is CC(C)(C)CCCN1CCN(CCCC(C)(C)C)CC1. The van der Waals surface area contributed by atoms with Gasteiger partial charge < -0.3 is 9.80 Å². The molecule has 120 valence electrons. The zero-order valence-electron chi connectivity index (χ0n) is 15.0. The predicted molar refractivity (Wildman–Crippen MR) is 90.3 cm³/mol. The molecule has 0 unspecified atom stereocenters. The molecule has 2 nitrogen and oxygen atoms in total. The van der Waals surface area contributed by atoms with Gasteiger partial charge in [-0.05, 0) is 49.6 Å². The van der Waals surface area contributed by atoms with Crippen molar-refractivity contribution in [3.63, 3.8) is 0 Å². The largest absolute Gasteiger partial charge is 0.301 e. The summed E-state index contributed by atoms with van der Waals surface area (Å²) in [5.74, 6) is 0. The first kappa shape index (κ1) is 18.0. The van der Waals surface area contributed by atoms with Crippen LogP contribution in [-0.4, -0.2) is 49.1 Å². The molecule has 0 bridgehead atoms. The first-order valence-corrected chi connectivity index (χ1v) is 8.60. The van der Waals surface area contributed by atoms with Crippen LogP contribution in [0.5, 0.6) is 0 Å². The average molecular weight is 283 g/mol. The number of nitrogens with zero attached hydrogens (tertiary/aromatic N) is 2. The molecule has 1 rings (SSSR count). The van der Waals surface area contributed by atoms with Crippen molar-refractivity contribution in [1.29, 1.82) is 0 Å². The van der Waals surface area contributed by atoms with Gasteiger partial charge in [-0.1, -0.05) is 41.5 Å². The average Bonchev–Trinajstić information content (AvgIpc) is 2.28. The summed E-state index contributed by atoms with van der Waals surface area (Å²) in [6.45, 7) is 21.8. The van der Waals surface area contributed by atoms with E-state index in [0.29, 0.717) is 10.8 Å². The van der Waals surface area contributed by atoms with E-state index in [-0.39, 0.29) is 0 Å². The standard InChI is InChI=1S/C18H38N2/c1-17(2,3)9-7-11-19-13-15-20(16-14-19)12-8-10-18(4,5)6/h7-16H2,1-6H3. The molecular weight excluding hydrogens is 244 g/mol. The molecular formula is C18H38N2. The van der Waals surface area contributed by atoms with Crippen LogP contribution < -0.4 is 0 Å². The van der Waals surface area contributed by atoms with Gasteiger partial charge in [-0.3, -0.25) is 0 Å². The Balaban J connectivity index is 2.08. The van der Waals surface area contributed by atoms with Crippen LogP contribution in [0.3, 0.4) is 0 Å². The molecule has 0 spiro atoms. The summed E-state index contributed by atoms with van der Waals surface area (Å²) >= 11 is 0. The molecule has 0 N–H and O–H groups in total. The molecule has 1 aliphatic rings. The van der Waals surface area contributed by atoms with Crippen molar-refractivity contribution >= 4 is 0 Å². The van der Waals surface area contributed by atoms with Gasteiger partial charge in [0.2, 0.25) is 0 Å². The number of rotatable bonds is 6. The summed E-state index contributed by atoms with van der Waals surface area (Å²) in [5.41, 5.74) is 0.990. The quantitative estimate of drug-likeness (QED) is 0.718. The van der Waals surface area contributed by atoms with Gasteiger partial charge in [0.15, 0.2) is 0 Å². The van der Waals surface area contributed by atoms with Crippen molar-refractivity contribution in [3.05, 3.63) is 0 Å². The monoisotopic (exact) mass is 282 g/mol. The molecule has 0 aromatic heterocycles. The smallest absolute Gasteiger partial charge is 0.0110 e. The van der Waals surface area contributed by atoms with Crippen LogP contribution in [0.25, 0.3) is 0 Å². The Morgan fingerprint density at radius 3 is 1.15 bits per heavy atom. The van der Waals surface area contributed by atoms with Crippen LogP contribution in [0.1, 0.15) is 67.2 Å². The van der Waals surface area contributed by atoms with Gasteiger partial charge in [-0.25, -0.2) is 0 Å². The Bertz CT molecular complexity index is 224. The fraction of sp³-hybridized carbons (Fsp3) is 1.00. The molecule has 1 saturated heterocycles. The van der Waals surface area contributed by atoms with E-state index in [1.54, 1.807) is 0 Å². The highest BCUT2D eigenvalue weighted by atomic mass is 15.3. The van der Waals surface area contributed by atoms with E-state index >= 15 is 0 Å². The Labute approximate surface area is 127 Å². The lowest BCUT2D eigenvalue weighted by Crippen LogP contribution is -2.46. The van der Waals surface area contributed by atoms with Crippen LogP contribution in [0, 0.1) is 10.8 Å². The molecule has 2 heteroatoms. The van der Waals surface area contributed by atoms with E-state index in [0.717, 1.165) is 0 Å². The number of piperazine rings is 1. The van der Waals surface area contributed by atoms with E-state index < -0.39 is 0 Å². The molecule has 20 heavy (non-hydrogen) atoms. The summed E-state index contributed by atoms with van der Waals surface area (Å²) in [6.07, 6.45) is 5.40. The van der Waals surface area contributed by atoms with Crippen molar-refractivity contribution in [2.24, 2.45) is 10.8 Å². The van der Waals surface area contributed by atoms with Crippen molar-refractivity contribution < 1.29 is 0 Å². The maximum Gasteiger partial charge on any atom is 0.0110 e. The Morgan fingerprint density at radius 2 is 0.900 bits per heavy atom. The van der Waals surface area contributed by atoms with Crippen LogP contribution in [0.4, 0.5) is 0 Å². The van der Waals surface area contributed by atoms with Gasteiger partial charge in [-0.2, -0.15) is 0 Å². The van der Waals surface area contributed by atoms with Crippen molar-refractivity contribution in [3.8, 4) is 0 Å². The highest BCUT2D eigenvalue weighted by Gasteiger charge is 2.18. The molecule has 0 aromatic carbocycles. The normalized spacial score (nSPS) is 19.5. The second kappa shape index (κ2) is 7.79. The maximum absolute atomic E-state index is 2.66. The molecule has 1 heterocycles. The second-order valence-corrected chi connectivity index (χ2v) is 9.01. The summed E-state index contributed by atoms with van der Waals surface area (Å²) in [7, 11) is 0. The van der Waals surface area contributed by atoms with Crippen LogP contribution in [-0.2, 0) is 0 Å². The lowest BCUT2D eigenvalue weighted by Gasteiger charge is -2.35. The van der Waals surface area contributed by atoms with Gasteiger partial charge in [0.1, 0.15) is 0 Å². The predicted octanol–water partition coefficient (Wildman–Crippen LogP) is 4.26. The fourth-order valence-electron chi connectivity index (χ4n) is 2.90. The maximum atomic E-state index is 2.66. The van der Waals surface area contributed by atoms with Crippen molar-refractivity contribution in [2.75, 3.05) is 39.3 Å². The van der Waals surface area contributed by atoms with E-state index in [1.807, 2.05) is 0 Å². The minimum atomic E-state index is 0.495. The minimum absolute atomic E-state index is 0.495. The van der Waals surface area contributed by atoms with Gasteiger partial charge in [0.25, 0.3) is 0 Å². The van der Waals surface area contributed by atoms with Crippen molar-refractivity contribution in [1.82, 2.24) is 9.80 Å². The van der Waals surface area contributed by atoms with E-state index in [9.17, 15) is 0 Å². The molecule has 0 aromatic rings. The molecule has 1 aliphatic heterocycles. The van der Waals surface area contributed by atoms with Crippen LogP contribution in [0.2, 0.25) is 0 Å². The summed E-state index contributed by atoms with van der Waals surface area (Å²) < 4.78 is 0. The third-order valence-electron chi connectivity index (χ3n) is 4.27. The molecule has 0 saturated carbocycles. The highest BCUT2D eigenvalue weighted by molar-refractivity contribution is 4.73. The first-order valence-electron chi connectivity index (χ1n) is 8.60. The van der Waals surface area contributed by atoms with Crippen LogP contribution >= 0.6 is 0 Å². The third-order valence-corrected chi connectivity index (χ3v) is 4.27. The lowest BCUT2D eigenvalue weighted by molar-refractivity contribution is 0.123. The van der Waals surface area contributed by atoms with E-state index in [4.69, 9.17) is 0 Å². The molecule has 0 aliphatic carbocycles. The Hall–Kier alpha value is -0.0800. The first-order chi connectivity index (χ1) is 9.16. The summed E-state index contributed by atoms with van der Waals surface area (Å²) in [6, 6.07) is 0. The van der Waals surface area contributed by atoms with Crippen LogP contribution in [0.15, 0.2) is 0 Å². The Morgan fingerprint density at radius 1 is 0.600 bits per heavy atom. The van der Waals surface area contributed by atoms with Crippen molar-refractivity contribution in [2.45, 2.75) is 67.2 Å². The summed E-state index contributed by atoms with van der Waals surface area (Å²) in [5, 5.41) is 0.